The maximum atomic E-state index is 13.4. The molecule has 0 aliphatic heterocycles. The number of imidazole rings is 1. The molecule has 0 spiro atoms. The summed E-state index contributed by atoms with van der Waals surface area (Å²) in [5, 5.41) is 15.2. The summed E-state index contributed by atoms with van der Waals surface area (Å²) in [5.41, 5.74) is 7.10. The number of aryl methyl sites for hydroxylation is 3. The van der Waals surface area contributed by atoms with Gasteiger partial charge in [-0.2, -0.15) is 4.80 Å². The maximum absolute atomic E-state index is 13.4. The summed E-state index contributed by atoms with van der Waals surface area (Å²) in [7, 11) is 1.66. The molecule has 0 bridgehead atoms. The zero-order valence-corrected chi connectivity index (χ0v) is 19.3. The van der Waals surface area contributed by atoms with E-state index in [-0.39, 0.29) is 0 Å². The van der Waals surface area contributed by atoms with Gasteiger partial charge < -0.3 is 11.1 Å². The molecule has 0 saturated heterocycles. The molecule has 3 rings (SSSR count). The number of rotatable bonds is 5. The van der Waals surface area contributed by atoms with Crippen molar-refractivity contribution in [3.05, 3.63) is 40.1 Å². The Morgan fingerprint density at radius 3 is 2.45 bits per heavy atom. The first-order valence-corrected chi connectivity index (χ1v) is 10.3. The second kappa shape index (κ2) is 7.92. The summed E-state index contributed by atoms with van der Waals surface area (Å²) in [6, 6.07) is 4.48. The first kappa shape index (κ1) is 22.7. The van der Waals surface area contributed by atoms with Crippen LogP contribution in [0.3, 0.4) is 0 Å². The fourth-order valence-electron chi connectivity index (χ4n) is 3.57. The van der Waals surface area contributed by atoms with Gasteiger partial charge in [0, 0.05) is 12.1 Å². The van der Waals surface area contributed by atoms with Crippen LogP contribution in [0, 0.1) is 12.3 Å². The van der Waals surface area contributed by atoms with Crippen LogP contribution in [0.1, 0.15) is 58.5 Å². The molecule has 31 heavy (non-hydrogen) atoms. The van der Waals surface area contributed by atoms with Crippen LogP contribution in [-0.4, -0.2) is 40.9 Å². The normalized spacial score (nSPS) is 13.5. The standard InChI is InChI=1S/C21H32N8O2/c1-13-9-8-10-14-15(13)28(12-11-21(5,6)22)19(31)29(14)18(30)23-16(20(2,3)4)17-24-26-27(7)25-17/h8-10,16H,11-12,22H2,1-7H3,(H,23,30)/t16-/m1/s1. The van der Waals surface area contributed by atoms with Gasteiger partial charge in [0.25, 0.3) is 0 Å². The van der Waals surface area contributed by atoms with E-state index in [4.69, 9.17) is 5.73 Å². The average molecular weight is 429 g/mol. The lowest BCUT2D eigenvalue weighted by Crippen LogP contribution is -2.43. The largest absolute Gasteiger partial charge is 0.337 e. The molecule has 3 aromatic rings. The van der Waals surface area contributed by atoms with E-state index in [1.165, 1.54) is 9.36 Å². The van der Waals surface area contributed by atoms with E-state index < -0.39 is 28.7 Å². The van der Waals surface area contributed by atoms with Crippen LogP contribution < -0.4 is 16.7 Å². The van der Waals surface area contributed by atoms with Crippen LogP contribution in [0.5, 0.6) is 0 Å². The van der Waals surface area contributed by atoms with E-state index in [9.17, 15) is 9.59 Å². The minimum absolute atomic E-state index is 0.390. The molecule has 0 fully saturated rings. The molecule has 2 heterocycles. The number of benzene rings is 1. The first-order chi connectivity index (χ1) is 14.3. The molecule has 2 aromatic heterocycles. The van der Waals surface area contributed by atoms with Crippen molar-refractivity contribution in [1.29, 1.82) is 0 Å². The number of aromatic nitrogens is 6. The third-order valence-corrected chi connectivity index (χ3v) is 5.25. The molecule has 3 N–H and O–H groups in total. The Morgan fingerprint density at radius 1 is 1.23 bits per heavy atom. The van der Waals surface area contributed by atoms with Crippen LogP contribution in [0.25, 0.3) is 11.0 Å². The molecular weight excluding hydrogens is 396 g/mol. The van der Waals surface area contributed by atoms with Gasteiger partial charge in [-0.25, -0.2) is 14.2 Å². The van der Waals surface area contributed by atoms with E-state index in [0.717, 1.165) is 11.1 Å². The lowest BCUT2D eigenvalue weighted by Gasteiger charge is -2.28. The predicted octanol–water partition coefficient (Wildman–Crippen LogP) is 2.11. The van der Waals surface area contributed by atoms with Crippen molar-refractivity contribution in [2.75, 3.05) is 0 Å². The SMILES string of the molecule is Cc1cccc2c1n(CCC(C)(C)N)c(=O)n2C(=O)N[C@H](c1nnn(C)n1)C(C)(C)C. The van der Waals surface area contributed by atoms with Gasteiger partial charge in [0.05, 0.1) is 24.1 Å². The Labute approximate surface area is 181 Å². The van der Waals surface area contributed by atoms with Crippen molar-refractivity contribution in [2.24, 2.45) is 18.2 Å². The molecule has 1 amide bonds. The van der Waals surface area contributed by atoms with Crippen molar-refractivity contribution in [3.8, 4) is 0 Å². The maximum Gasteiger partial charge on any atom is 0.337 e. The fraction of sp³-hybridized carbons (Fsp3) is 0.571. The van der Waals surface area contributed by atoms with Crippen LogP contribution in [-0.2, 0) is 13.6 Å². The minimum atomic E-state index is -0.535. The highest BCUT2D eigenvalue weighted by Gasteiger charge is 2.33. The highest BCUT2D eigenvalue weighted by Crippen LogP contribution is 2.30. The Bertz CT molecular complexity index is 1160. The minimum Gasteiger partial charge on any atom is -0.327 e. The molecule has 0 aliphatic carbocycles. The smallest absolute Gasteiger partial charge is 0.327 e. The Hall–Kier alpha value is -3.01. The Kier molecular flexibility index (Phi) is 5.79. The number of hydrogen-bond acceptors (Lipinski definition) is 6. The molecule has 0 unspecified atom stereocenters. The number of hydrogen-bond donors (Lipinski definition) is 2. The van der Waals surface area contributed by atoms with Crippen molar-refractivity contribution in [1.82, 2.24) is 34.7 Å². The molecule has 0 saturated carbocycles. The average Bonchev–Trinajstić information content (AvgIpc) is 3.17. The number of nitrogens with zero attached hydrogens (tertiary/aromatic N) is 6. The summed E-state index contributed by atoms with van der Waals surface area (Å²) < 4.78 is 2.81. The van der Waals surface area contributed by atoms with Gasteiger partial charge in [-0.3, -0.25) is 4.57 Å². The number of amides is 1. The summed E-state index contributed by atoms with van der Waals surface area (Å²) in [6.07, 6.45) is 0.593. The molecule has 1 atom stereocenters. The van der Waals surface area contributed by atoms with Crippen molar-refractivity contribution in [2.45, 2.75) is 66.1 Å². The number of para-hydroxylation sites is 1. The van der Waals surface area contributed by atoms with Crippen molar-refractivity contribution >= 4 is 17.1 Å². The van der Waals surface area contributed by atoms with Gasteiger partial charge in [0.1, 0.15) is 0 Å². The third-order valence-electron chi connectivity index (χ3n) is 5.25. The van der Waals surface area contributed by atoms with E-state index in [1.54, 1.807) is 17.7 Å². The van der Waals surface area contributed by atoms with E-state index in [2.05, 4.69) is 20.7 Å². The Balaban J connectivity index is 2.07. The van der Waals surface area contributed by atoms with Crippen LogP contribution in [0.15, 0.2) is 23.0 Å². The van der Waals surface area contributed by atoms with Gasteiger partial charge in [0.2, 0.25) is 0 Å². The third kappa shape index (κ3) is 4.68. The molecule has 0 radical (unpaired) electrons. The zero-order valence-electron chi connectivity index (χ0n) is 19.3. The molecule has 1 aromatic carbocycles. The van der Waals surface area contributed by atoms with Gasteiger partial charge in [0.15, 0.2) is 5.82 Å². The van der Waals surface area contributed by atoms with Crippen molar-refractivity contribution in [3.63, 3.8) is 0 Å². The Morgan fingerprint density at radius 2 is 1.90 bits per heavy atom. The first-order valence-electron chi connectivity index (χ1n) is 10.3. The molecular formula is C21H32N8O2. The number of tetrazole rings is 1. The molecule has 168 valence electrons. The van der Waals surface area contributed by atoms with E-state index >= 15 is 0 Å². The van der Waals surface area contributed by atoms with Crippen LogP contribution in [0.2, 0.25) is 0 Å². The number of carbonyl (C=O) groups is 1. The highest BCUT2D eigenvalue weighted by atomic mass is 16.2. The molecule has 0 aliphatic rings. The van der Waals surface area contributed by atoms with Gasteiger partial charge in [-0.1, -0.05) is 32.9 Å². The lowest BCUT2D eigenvalue weighted by atomic mass is 9.86. The topological polar surface area (TPSA) is 126 Å². The molecule has 10 nitrogen and oxygen atoms in total. The summed E-state index contributed by atoms with van der Waals surface area (Å²) >= 11 is 0. The van der Waals surface area contributed by atoms with Crippen molar-refractivity contribution < 1.29 is 4.79 Å². The predicted molar refractivity (Wildman–Crippen MR) is 119 cm³/mol. The summed E-state index contributed by atoms with van der Waals surface area (Å²) in [5.74, 6) is 0.390. The number of fused-ring (bicyclic) bond motifs is 1. The van der Waals surface area contributed by atoms with E-state index in [0.29, 0.717) is 24.3 Å². The monoisotopic (exact) mass is 428 g/mol. The zero-order chi connectivity index (χ0) is 23.1. The van der Waals surface area contributed by atoms with Gasteiger partial charge in [-0.05, 0) is 49.5 Å². The fourth-order valence-corrected chi connectivity index (χ4v) is 3.57. The quantitative estimate of drug-likeness (QED) is 0.641. The number of nitrogens with two attached hydrogens (primary N) is 1. The summed E-state index contributed by atoms with van der Waals surface area (Å²) in [4.78, 5) is 28.1. The molecule has 10 heteroatoms. The number of nitrogens with one attached hydrogen (secondary N) is 1. The van der Waals surface area contributed by atoms with Gasteiger partial charge in [-0.15, -0.1) is 10.2 Å². The van der Waals surface area contributed by atoms with Crippen LogP contribution >= 0.6 is 0 Å². The second-order valence-electron chi connectivity index (χ2n) is 9.84. The number of carbonyl (C=O) groups excluding carboxylic acids is 1. The lowest BCUT2D eigenvalue weighted by molar-refractivity contribution is 0.216. The highest BCUT2D eigenvalue weighted by molar-refractivity contribution is 5.91. The van der Waals surface area contributed by atoms with Crippen LogP contribution in [0.4, 0.5) is 4.79 Å². The van der Waals surface area contributed by atoms with Gasteiger partial charge >= 0.3 is 11.7 Å². The second-order valence-corrected chi connectivity index (χ2v) is 9.84. The summed E-state index contributed by atoms with van der Waals surface area (Å²) in [6.45, 7) is 12.1. The van der Waals surface area contributed by atoms with E-state index in [1.807, 2.05) is 53.7 Å².